The van der Waals surface area contributed by atoms with E-state index in [1.807, 2.05) is 6.92 Å². The van der Waals surface area contributed by atoms with Gasteiger partial charge in [-0.2, -0.15) is 0 Å². The van der Waals surface area contributed by atoms with Gasteiger partial charge in [-0.25, -0.2) is 4.39 Å². The van der Waals surface area contributed by atoms with Crippen LogP contribution in [0.1, 0.15) is 64.5 Å². The highest BCUT2D eigenvalue weighted by molar-refractivity contribution is 6.01. The van der Waals surface area contributed by atoms with E-state index >= 15 is 4.39 Å². The number of allylic oxidation sites excluding steroid dienone is 4. The Bertz CT molecular complexity index is 1420. The zero-order chi connectivity index (χ0) is 32.7. The number of ether oxygens (including phenoxy) is 3. The average Bonchev–Trinajstić information content (AvgIpc) is 3.28. The Hall–Kier alpha value is -3.48. The summed E-state index contributed by atoms with van der Waals surface area (Å²) in [4.78, 5) is 52.9. The standard InChI is InChI=1S/C33H40FNO10/c1-19-12-28(38)33(34)25(9-8-22-15-23(36)10-11-32(22,33)4)24(19)16-27-30(45-31(2,3)44-27)26(37)18-42-29(39)14-20-6-5-7-21(13-20)17-43-35(40)41/h5-7,10-11,13,15,19,24-25,27-28,30,38H,8-9,12,14,16-18H2,1-4H3/t19-,24-,25?,27-,28+,30-,32+,33+/m1/s1. The molecule has 244 valence electrons. The number of carbonyl (C=O) groups excluding carboxylic acids is 3. The van der Waals surface area contributed by atoms with E-state index in [0.29, 0.717) is 36.0 Å². The van der Waals surface area contributed by atoms with E-state index in [-0.39, 0.29) is 37.1 Å². The second kappa shape index (κ2) is 12.4. The minimum atomic E-state index is -2.01. The topological polar surface area (TPSA) is 152 Å². The first-order chi connectivity index (χ1) is 21.1. The molecule has 1 saturated heterocycles. The molecular weight excluding hydrogens is 589 g/mol. The Morgan fingerprint density at radius 3 is 2.67 bits per heavy atom. The van der Waals surface area contributed by atoms with E-state index in [0.717, 1.165) is 0 Å². The van der Waals surface area contributed by atoms with Gasteiger partial charge in [0.2, 0.25) is 5.78 Å². The summed E-state index contributed by atoms with van der Waals surface area (Å²) in [6, 6.07) is 6.49. The molecule has 5 rings (SSSR count). The van der Waals surface area contributed by atoms with Gasteiger partial charge in [0.15, 0.2) is 23.8 Å². The lowest BCUT2D eigenvalue weighted by molar-refractivity contribution is -0.763. The quantitative estimate of drug-likeness (QED) is 0.227. The van der Waals surface area contributed by atoms with Gasteiger partial charge in [0.25, 0.3) is 5.09 Å². The molecule has 0 bridgehead atoms. The van der Waals surface area contributed by atoms with Crippen molar-refractivity contribution < 1.29 is 48.0 Å². The molecule has 4 aliphatic rings. The minimum absolute atomic E-state index is 0.0791. The molecule has 1 unspecified atom stereocenters. The molecule has 1 heterocycles. The van der Waals surface area contributed by atoms with Crippen LogP contribution in [0.2, 0.25) is 0 Å². The lowest BCUT2D eigenvalue weighted by Crippen LogP contribution is -2.65. The van der Waals surface area contributed by atoms with Crippen LogP contribution in [-0.2, 0) is 46.5 Å². The summed E-state index contributed by atoms with van der Waals surface area (Å²) in [5, 5.41) is 20.7. The van der Waals surface area contributed by atoms with E-state index in [2.05, 4.69) is 4.84 Å². The summed E-state index contributed by atoms with van der Waals surface area (Å²) in [6.07, 6.45) is 2.78. The molecule has 0 aromatic heterocycles. The number of fused-ring (bicyclic) bond motifs is 3. The number of ketones is 2. The second-order valence-corrected chi connectivity index (χ2v) is 13.4. The smallest absolute Gasteiger partial charge is 0.310 e. The number of hydrogen-bond acceptors (Lipinski definition) is 10. The fourth-order valence-electron chi connectivity index (χ4n) is 7.90. The summed E-state index contributed by atoms with van der Waals surface area (Å²) >= 11 is 0. The number of benzene rings is 1. The summed E-state index contributed by atoms with van der Waals surface area (Å²) in [7, 11) is 0. The Morgan fingerprint density at radius 1 is 1.20 bits per heavy atom. The molecule has 0 amide bonds. The first-order valence-corrected chi connectivity index (χ1v) is 15.3. The molecule has 45 heavy (non-hydrogen) atoms. The molecular formula is C33H40FNO10. The number of aliphatic hydroxyl groups is 1. The van der Waals surface area contributed by atoms with Crippen LogP contribution in [0.3, 0.4) is 0 Å². The van der Waals surface area contributed by atoms with Crippen LogP contribution in [0.5, 0.6) is 0 Å². The van der Waals surface area contributed by atoms with Gasteiger partial charge in [0, 0.05) is 11.3 Å². The third-order valence-electron chi connectivity index (χ3n) is 10.0. The van der Waals surface area contributed by atoms with E-state index in [1.165, 1.54) is 12.2 Å². The van der Waals surface area contributed by atoms with E-state index in [1.54, 1.807) is 51.1 Å². The van der Waals surface area contributed by atoms with Crippen molar-refractivity contribution in [3.05, 3.63) is 69.3 Å². The van der Waals surface area contributed by atoms with Gasteiger partial charge < -0.3 is 24.2 Å². The van der Waals surface area contributed by atoms with Crippen molar-refractivity contribution in [3.8, 4) is 0 Å². The molecule has 0 radical (unpaired) electrons. The van der Waals surface area contributed by atoms with Gasteiger partial charge in [0.1, 0.15) is 12.7 Å². The van der Waals surface area contributed by atoms with Gasteiger partial charge in [-0.15, -0.1) is 10.1 Å². The fourth-order valence-corrected chi connectivity index (χ4v) is 7.90. The van der Waals surface area contributed by atoms with Gasteiger partial charge in [-0.1, -0.05) is 42.8 Å². The molecule has 12 heteroatoms. The largest absolute Gasteiger partial charge is 0.457 e. The molecule has 1 aliphatic heterocycles. The number of halogens is 1. The normalized spacial score (nSPS) is 35.2. The first-order valence-electron chi connectivity index (χ1n) is 15.3. The lowest BCUT2D eigenvalue weighted by atomic mass is 9.47. The number of carbonyl (C=O) groups is 3. The molecule has 1 N–H and O–H groups in total. The highest BCUT2D eigenvalue weighted by Crippen LogP contribution is 2.63. The van der Waals surface area contributed by atoms with Crippen LogP contribution in [-0.4, -0.2) is 64.1 Å². The molecule has 3 fully saturated rings. The van der Waals surface area contributed by atoms with Gasteiger partial charge >= 0.3 is 5.97 Å². The molecule has 8 atom stereocenters. The van der Waals surface area contributed by atoms with Crippen LogP contribution in [0.25, 0.3) is 0 Å². The Kier molecular flexibility index (Phi) is 9.05. The highest BCUT2D eigenvalue weighted by atomic mass is 19.1. The summed E-state index contributed by atoms with van der Waals surface area (Å²) < 4.78 is 34.8. The number of Topliss-reactive ketones (excluding diaryl/α,β-unsaturated/α-hetero) is 1. The number of aliphatic hydroxyl groups excluding tert-OH is 1. The maximum atomic E-state index is 17.4. The zero-order valence-corrected chi connectivity index (χ0v) is 25.9. The molecule has 2 saturated carbocycles. The summed E-state index contributed by atoms with van der Waals surface area (Å²) in [6.45, 7) is 6.28. The zero-order valence-electron chi connectivity index (χ0n) is 25.9. The van der Waals surface area contributed by atoms with Crippen LogP contribution >= 0.6 is 0 Å². The third kappa shape index (κ3) is 6.45. The number of nitrogens with zero attached hydrogens (tertiary/aromatic N) is 1. The Labute approximate surface area is 260 Å². The average molecular weight is 630 g/mol. The maximum Gasteiger partial charge on any atom is 0.310 e. The number of alkyl halides is 1. The minimum Gasteiger partial charge on any atom is -0.457 e. The predicted molar refractivity (Wildman–Crippen MR) is 157 cm³/mol. The van der Waals surface area contributed by atoms with Crippen molar-refractivity contribution >= 4 is 17.5 Å². The van der Waals surface area contributed by atoms with Crippen LogP contribution in [0.4, 0.5) is 4.39 Å². The van der Waals surface area contributed by atoms with Crippen molar-refractivity contribution in [2.45, 2.75) is 96.2 Å². The summed E-state index contributed by atoms with van der Waals surface area (Å²) in [5.74, 6) is -3.33. The monoisotopic (exact) mass is 629 g/mol. The second-order valence-electron chi connectivity index (χ2n) is 13.4. The van der Waals surface area contributed by atoms with Crippen molar-refractivity contribution in [2.75, 3.05) is 6.61 Å². The molecule has 11 nitrogen and oxygen atoms in total. The number of hydrogen-bond donors (Lipinski definition) is 1. The Morgan fingerprint density at radius 2 is 1.93 bits per heavy atom. The van der Waals surface area contributed by atoms with Gasteiger partial charge in [0.05, 0.1) is 18.6 Å². The first kappa shape index (κ1) is 32.9. The van der Waals surface area contributed by atoms with Gasteiger partial charge in [-0.3, -0.25) is 14.4 Å². The van der Waals surface area contributed by atoms with Crippen molar-refractivity contribution in [2.24, 2.45) is 23.2 Å². The van der Waals surface area contributed by atoms with Crippen LogP contribution in [0, 0.1) is 33.3 Å². The number of rotatable bonds is 10. The third-order valence-corrected chi connectivity index (χ3v) is 10.0. The molecule has 1 aromatic carbocycles. The van der Waals surface area contributed by atoms with E-state index < -0.39 is 64.5 Å². The van der Waals surface area contributed by atoms with Crippen molar-refractivity contribution in [3.63, 3.8) is 0 Å². The van der Waals surface area contributed by atoms with E-state index in [4.69, 9.17) is 14.2 Å². The fraction of sp³-hybridized carbons (Fsp3) is 0.606. The molecule has 0 spiro atoms. The summed E-state index contributed by atoms with van der Waals surface area (Å²) in [5.41, 5.74) is -1.41. The van der Waals surface area contributed by atoms with Crippen molar-refractivity contribution in [1.29, 1.82) is 0 Å². The van der Waals surface area contributed by atoms with Gasteiger partial charge in [-0.05, 0) is 81.6 Å². The van der Waals surface area contributed by atoms with E-state index in [9.17, 15) is 29.6 Å². The predicted octanol–water partition coefficient (Wildman–Crippen LogP) is 4.17. The lowest BCUT2D eigenvalue weighted by Gasteiger charge is -2.60. The van der Waals surface area contributed by atoms with Crippen LogP contribution < -0.4 is 0 Å². The van der Waals surface area contributed by atoms with Crippen LogP contribution in [0.15, 0.2) is 48.1 Å². The Balaban J connectivity index is 1.26. The maximum absolute atomic E-state index is 17.4. The molecule has 3 aliphatic carbocycles. The number of esters is 1. The highest BCUT2D eigenvalue weighted by Gasteiger charge is 2.66. The van der Waals surface area contributed by atoms with Crippen molar-refractivity contribution in [1.82, 2.24) is 0 Å². The SMILES string of the molecule is C[C@@H]1C[C@H](O)[C@@]2(F)C(CCC3=CC(=O)C=C[C@@]32C)[C@@H]1C[C@H]1OC(C)(C)O[C@@H]1C(=O)COC(=O)Cc1cccc(CO[N+](=O)[O-])c1. The molecule has 1 aromatic rings.